The Morgan fingerprint density at radius 2 is 2.23 bits per heavy atom. The van der Waals surface area contributed by atoms with Gasteiger partial charge in [0.2, 0.25) is 0 Å². The van der Waals surface area contributed by atoms with Gasteiger partial charge in [-0.15, -0.1) is 11.3 Å². The maximum Gasteiger partial charge on any atom is 0.193 e. The molecule has 0 bridgehead atoms. The van der Waals surface area contributed by atoms with Crippen molar-refractivity contribution < 1.29 is 4.39 Å². The van der Waals surface area contributed by atoms with Crippen molar-refractivity contribution in [1.29, 1.82) is 0 Å². The van der Waals surface area contributed by atoms with Gasteiger partial charge in [-0.25, -0.2) is 19.3 Å². The molecule has 0 amide bonds. The second-order valence-electron chi connectivity index (χ2n) is 4.57. The molecule has 0 atom stereocenters. The normalized spacial score (nSPS) is 11.2. The van der Waals surface area contributed by atoms with Crippen LogP contribution in [0.4, 0.5) is 10.2 Å². The molecule has 0 aliphatic rings. The highest BCUT2D eigenvalue weighted by molar-refractivity contribution is 7.12. The van der Waals surface area contributed by atoms with Crippen LogP contribution < -0.4 is 5.43 Å². The van der Waals surface area contributed by atoms with E-state index in [0.29, 0.717) is 0 Å². The van der Waals surface area contributed by atoms with Gasteiger partial charge in [0.25, 0.3) is 0 Å². The van der Waals surface area contributed by atoms with E-state index in [1.165, 1.54) is 6.33 Å². The van der Waals surface area contributed by atoms with E-state index in [0.717, 1.165) is 28.3 Å². The maximum atomic E-state index is 13.4. The molecule has 3 rings (SSSR count). The standard InChI is InChI=1S/C14H13FN6S/c1-9-5-11(10(2)21(9)14-17-3-4-22-14)6-19-20-13-12(15)7-16-8-18-13/h3-8H,1-2H3,(H,16,18,20)/b19-6+. The van der Waals surface area contributed by atoms with E-state index < -0.39 is 5.82 Å². The molecule has 6 nitrogen and oxygen atoms in total. The van der Waals surface area contributed by atoms with Crippen molar-refractivity contribution in [2.45, 2.75) is 13.8 Å². The lowest BCUT2D eigenvalue weighted by Crippen LogP contribution is -2.00. The molecule has 0 saturated heterocycles. The number of aromatic nitrogens is 4. The summed E-state index contributed by atoms with van der Waals surface area (Å²) >= 11 is 1.57. The fourth-order valence-electron chi connectivity index (χ4n) is 2.10. The van der Waals surface area contributed by atoms with Crippen LogP contribution in [0.5, 0.6) is 0 Å². The first-order valence-corrected chi connectivity index (χ1v) is 7.38. The van der Waals surface area contributed by atoms with Crippen LogP contribution in [0.2, 0.25) is 0 Å². The molecule has 0 radical (unpaired) electrons. The molecule has 0 spiro atoms. The van der Waals surface area contributed by atoms with Gasteiger partial charge in [-0.05, 0) is 19.9 Å². The third-order valence-electron chi connectivity index (χ3n) is 3.12. The molecule has 1 N–H and O–H groups in total. The van der Waals surface area contributed by atoms with Crippen LogP contribution in [0, 0.1) is 19.7 Å². The van der Waals surface area contributed by atoms with Gasteiger partial charge in [-0.3, -0.25) is 9.99 Å². The number of hydrogen-bond donors (Lipinski definition) is 1. The van der Waals surface area contributed by atoms with Crippen LogP contribution in [0.15, 0.2) is 35.3 Å². The summed E-state index contributed by atoms with van der Waals surface area (Å²) in [6, 6.07) is 2.00. The van der Waals surface area contributed by atoms with Crippen LogP contribution in [-0.2, 0) is 0 Å². The highest BCUT2D eigenvalue weighted by Crippen LogP contribution is 2.21. The Kier molecular flexibility index (Phi) is 3.92. The minimum atomic E-state index is -0.548. The zero-order chi connectivity index (χ0) is 15.5. The highest BCUT2D eigenvalue weighted by Gasteiger charge is 2.11. The largest absolute Gasteiger partial charge is 0.294 e. The summed E-state index contributed by atoms with van der Waals surface area (Å²) in [6.07, 6.45) is 5.74. The lowest BCUT2D eigenvalue weighted by Gasteiger charge is -2.04. The Balaban J connectivity index is 1.83. The molecule has 22 heavy (non-hydrogen) atoms. The second-order valence-corrected chi connectivity index (χ2v) is 5.44. The first-order valence-electron chi connectivity index (χ1n) is 6.50. The molecule has 0 aliphatic heterocycles. The van der Waals surface area contributed by atoms with Crippen LogP contribution in [0.3, 0.4) is 0 Å². The smallest absolute Gasteiger partial charge is 0.193 e. The molecule has 3 aromatic heterocycles. The number of rotatable bonds is 4. The van der Waals surface area contributed by atoms with E-state index in [1.807, 2.05) is 25.3 Å². The van der Waals surface area contributed by atoms with Crippen molar-refractivity contribution in [3.05, 3.63) is 52.9 Å². The van der Waals surface area contributed by atoms with E-state index in [9.17, 15) is 4.39 Å². The van der Waals surface area contributed by atoms with E-state index in [1.54, 1.807) is 23.7 Å². The van der Waals surface area contributed by atoms with Crippen LogP contribution in [-0.4, -0.2) is 25.7 Å². The van der Waals surface area contributed by atoms with Gasteiger partial charge in [0.05, 0.1) is 12.4 Å². The topological polar surface area (TPSA) is 68.0 Å². The zero-order valence-electron chi connectivity index (χ0n) is 12.0. The average molecular weight is 316 g/mol. The van der Waals surface area contributed by atoms with Gasteiger partial charge in [-0.2, -0.15) is 5.10 Å². The molecule has 0 unspecified atom stereocenters. The average Bonchev–Trinajstić information content (AvgIpc) is 3.10. The Morgan fingerprint density at radius 3 is 2.95 bits per heavy atom. The molecule has 0 saturated carbocycles. The number of hydrazone groups is 1. The SMILES string of the molecule is Cc1cc(/C=N/Nc2ncncc2F)c(C)n1-c1nccs1. The summed E-state index contributed by atoms with van der Waals surface area (Å²) in [5, 5.41) is 6.87. The van der Waals surface area contributed by atoms with E-state index in [4.69, 9.17) is 0 Å². The van der Waals surface area contributed by atoms with Crippen LogP contribution >= 0.6 is 11.3 Å². The Labute approximate surface area is 130 Å². The maximum absolute atomic E-state index is 13.4. The van der Waals surface area contributed by atoms with Crippen molar-refractivity contribution >= 4 is 23.4 Å². The number of hydrogen-bond acceptors (Lipinski definition) is 6. The van der Waals surface area contributed by atoms with Crippen LogP contribution in [0.25, 0.3) is 5.13 Å². The van der Waals surface area contributed by atoms with Crippen molar-refractivity contribution in [2.24, 2.45) is 5.10 Å². The van der Waals surface area contributed by atoms with Gasteiger partial charge in [0.15, 0.2) is 16.8 Å². The van der Waals surface area contributed by atoms with Crippen molar-refractivity contribution in [1.82, 2.24) is 19.5 Å². The minimum absolute atomic E-state index is 0.0416. The number of nitrogens with one attached hydrogen (secondary N) is 1. The van der Waals surface area contributed by atoms with Crippen molar-refractivity contribution in [3.63, 3.8) is 0 Å². The molecule has 0 fully saturated rings. The summed E-state index contributed by atoms with van der Waals surface area (Å²) in [6.45, 7) is 3.99. The predicted molar refractivity (Wildman–Crippen MR) is 84.1 cm³/mol. The van der Waals surface area contributed by atoms with E-state index in [-0.39, 0.29) is 5.82 Å². The fraction of sp³-hybridized carbons (Fsp3) is 0.143. The Hall–Kier alpha value is -2.61. The number of aryl methyl sites for hydroxylation is 1. The van der Waals surface area contributed by atoms with Gasteiger partial charge >= 0.3 is 0 Å². The Bertz CT molecular complexity index is 809. The minimum Gasteiger partial charge on any atom is -0.294 e. The summed E-state index contributed by atoms with van der Waals surface area (Å²) in [4.78, 5) is 11.7. The molecule has 3 aromatic rings. The lowest BCUT2D eigenvalue weighted by molar-refractivity contribution is 0.617. The number of halogens is 1. The molecular weight excluding hydrogens is 303 g/mol. The summed E-state index contributed by atoms with van der Waals surface area (Å²) in [5.41, 5.74) is 5.57. The van der Waals surface area contributed by atoms with E-state index >= 15 is 0 Å². The van der Waals surface area contributed by atoms with Crippen molar-refractivity contribution in [3.8, 4) is 5.13 Å². The van der Waals surface area contributed by atoms with Crippen LogP contribution in [0.1, 0.15) is 17.0 Å². The highest BCUT2D eigenvalue weighted by atomic mass is 32.1. The fourth-order valence-corrected chi connectivity index (χ4v) is 2.85. The lowest BCUT2D eigenvalue weighted by atomic mass is 10.3. The number of anilines is 1. The first-order chi connectivity index (χ1) is 10.7. The quantitative estimate of drug-likeness (QED) is 0.593. The zero-order valence-corrected chi connectivity index (χ0v) is 12.8. The second kappa shape index (κ2) is 6.02. The summed E-state index contributed by atoms with van der Waals surface area (Å²) < 4.78 is 15.4. The van der Waals surface area contributed by atoms with Gasteiger partial charge in [-0.1, -0.05) is 0 Å². The molecule has 3 heterocycles. The number of nitrogens with zero attached hydrogens (tertiary/aromatic N) is 5. The molecule has 112 valence electrons. The van der Waals surface area contributed by atoms with E-state index in [2.05, 4.69) is 30.0 Å². The third-order valence-corrected chi connectivity index (χ3v) is 3.88. The molecule has 0 aromatic carbocycles. The first kappa shape index (κ1) is 14.3. The van der Waals surface area contributed by atoms with Gasteiger partial charge in [0.1, 0.15) is 6.33 Å². The molecular formula is C14H13FN6S. The predicted octanol–water partition coefficient (Wildman–Crippen LogP) is 2.93. The van der Waals surface area contributed by atoms with Crippen molar-refractivity contribution in [2.75, 3.05) is 5.43 Å². The summed E-state index contributed by atoms with van der Waals surface area (Å²) in [5.74, 6) is -0.507. The third kappa shape index (κ3) is 2.73. The molecule has 8 heteroatoms. The summed E-state index contributed by atoms with van der Waals surface area (Å²) in [7, 11) is 0. The Morgan fingerprint density at radius 1 is 1.36 bits per heavy atom. The van der Waals surface area contributed by atoms with Gasteiger partial charge in [0, 0.05) is 28.5 Å². The monoisotopic (exact) mass is 316 g/mol. The molecule has 0 aliphatic carbocycles. The van der Waals surface area contributed by atoms with Gasteiger partial charge < -0.3 is 0 Å². The number of thiazole rings is 1.